The van der Waals surface area contributed by atoms with Crippen molar-refractivity contribution in [1.29, 1.82) is 0 Å². The fourth-order valence-corrected chi connectivity index (χ4v) is 3.28. The van der Waals surface area contributed by atoms with Crippen LogP contribution in [0.2, 0.25) is 0 Å². The van der Waals surface area contributed by atoms with Gasteiger partial charge in [-0.15, -0.1) is 0 Å². The summed E-state index contributed by atoms with van der Waals surface area (Å²) in [5.74, 6) is 0.886. The number of nitrogens with zero attached hydrogens (tertiary/aromatic N) is 3. The van der Waals surface area contributed by atoms with Gasteiger partial charge in [0.25, 0.3) is 11.4 Å². The van der Waals surface area contributed by atoms with Crippen molar-refractivity contribution in [3.05, 3.63) is 101 Å². The summed E-state index contributed by atoms with van der Waals surface area (Å²) in [5, 5.41) is 5.50. The van der Waals surface area contributed by atoms with E-state index in [1.165, 1.54) is 0 Å². The van der Waals surface area contributed by atoms with Crippen molar-refractivity contribution in [2.24, 2.45) is 0 Å². The predicted molar refractivity (Wildman–Crippen MR) is 108 cm³/mol. The molecule has 0 saturated heterocycles. The molecule has 3 aromatic carbocycles. The number of rotatable bonds is 3. The third-order valence-electron chi connectivity index (χ3n) is 4.65. The van der Waals surface area contributed by atoms with Crippen LogP contribution in [0.1, 0.15) is 0 Å². The Morgan fingerprint density at radius 2 is 1.39 bits per heavy atom. The summed E-state index contributed by atoms with van der Waals surface area (Å²) in [6.07, 6.45) is 1.77. The van der Waals surface area contributed by atoms with Crippen LogP contribution in [0.4, 0.5) is 0 Å². The Bertz CT molecular complexity index is 1320. The lowest BCUT2D eigenvalue weighted by atomic mass is 10.1. The topological polar surface area (TPSA) is 60.9 Å². The van der Waals surface area contributed by atoms with Gasteiger partial charge in [0.05, 0.1) is 5.56 Å². The van der Waals surface area contributed by atoms with E-state index in [0.717, 1.165) is 16.6 Å². The number of hydrogen-bond donors (Lipinski definition) is 0. The van der Waals surface area contributed by atoms with Crippen LogP contribution in [-0.2, 0) is 0 Å². The normalized spacial score (nSPS) is 11.0. The van der Waals surface area contributed by atoms with Gasteiger partial charge in [0.2, 0.25) is 5.82 Å². The van der Waals surface area contributed by atoms with Gasteiger partial charge < -0.3 is 4.52 Å². The first-order valence-electron chi connectivity index (χ1n) is 8.90. The third-order valence-corrected chi connectivity index (χ3v) is 4.65. The van der Waals surface area contributed by atoms with E-state index in [4.69, 9.17) is 4.52 Å². The van der Waals surface area contributed by atoms with E-state index in [-0.39, 0.29) is 5.56 Å². The summed E-state index contributed by atoms with van der Waals surface area (Å²) >= 11 is 0. The molecule has 0 N–H and O–H groups in total. The van der Waals surface area contributed by atoms with Gasteiger partial charge in [-0.05, 0) is 18.2 Å². The van der Waals surface area contributed by atoms with E-state index < -0.39 is 0 Å². The molecule has 0 radical (unpaired) electrons. The molecule has 0 unspecified atom stereocenters. The SMILES string of the molecule is O=c1c2ccccc2c(-c2nc(-c3ccccc3)no2)cn1-c1ccccc1. The number of benzene rings is 3. The molecule has 0 aliphatic rings. The lowest BCUT2D eigenvalue weighted by Gasteiger charge is -2.10. The predicted octanol–water partition coefficient (Wildman–Crippen LogP) is 4.71. The first kappa shape index (κ1) is 16.2. The van der Waals surface area contributed by atoms with Gasteiger partial charge in [0.15, 0.2) is 0 Å². The Morgan fingerprint density at radius 1 is 0.750 bits per heavy atom. The molecule has 5 heteroatoms. The van der Waals surface area contributed by atoms with Crippen molar-refractivity contribution in [3.8, 4) is 28.5 Å². The maximum absolute atomic E-state index is 13.0. The second-order valence-corrected chi connectivity index (χ2v) is 6.39. The van der Waals surface area contributed by atoms with Crippen LogP contribution in [0.5, 0.6) is 0 Å². The van der Waals surface area contributed by atoms with Crippen molar-refractivity contribution >= 4 is 10.8 Å². The number of aromatic nitrogens is 3. The maximum atomic E-state index is 13.0. The molecule has 134 valence electrons. The van der Waals surface area contributed by atoms with Crippen LogP contribution >= 0.6 is 0 Å². The monoisotopic (exact) mass is 365 g/mol. The molecular formula is C23H15N3O2. The highest BCUT2D eigenvalue weighted by molar-refractivity contribution is 5.94. The van der Waals surface area contributed by atoms with E-state index in [2.05, 4.69) is 10.1 Å². The van der Waals surface area contributed by atoms with Crippen molar-refractivity contribution in [2.75, 3.05) is 0 Å². The molecule has 0 spiro atoms. The minimum absolute atomic E-state index is 0.0895. The maximum Gasteiger partial charge on any atom is 0.262 e. The van der Waals surface area contributed by atoms with Crippen molar-refractivity contribution in [3.63, 3.8) is 0 Å². The van der Waals surface area contributed by atoms with E-state index >= 15 is 0 Å². The summed E-state index contributed by atoms with van der Waals surface area (Å²) < 4.78 is 7.18. The molecule has 0 aliphatic heterocycles. The second-order valence-electron chi connectivity index (χ2n) is 6.39. The highest BCUT2D eigenvalue weighted by Crippen LogP contribution is 2.28. The largest absolute Gasteiger partial charge is 0.334 e. The molecule has 0 amide bonds. The smallest absolute Gasteiger partial charge is 0.262 e. The average Bonchev–Trinajstić information content (AvgIpc) is 3.26. The van der Waals surface area contributed by atoms with Crippen molar-refractivity contribution < 1.29 is 4.52 Å². The molecule has 2 heterocycles. The van der Waals surface area contributed by atoms with Crippen LogP contribution in [0.3, 0.4) is 0 Å². The van der Waals surface area contributed by atoms with Crippen LogP contribution in [-0.4, -0.2) is 14.7 Å². The molecular weight excluding hydrogens is 350 g/mol. The molecule has 5 aromatic rings. The molecule has 5 rings (SSSR count). The standard InChI is InChI=1S/C23H15N3O2/c27-23-19-14-8-7-13-18(19)20(15-26(23)17-11-5-2-6-12-17)22-24-21(25-28-22)16-9-3-1-4-10-16/h1-15H. The van der Waals surface area contributed by atoms with Gasteiger partial charge in [-0.1, -0.05) is 71.9 Å². The number of pyridine rings is 1. The Kier molecular flexibility index (Phi) is 3.84. The quantitative estimate of drug-likeness (QED) is 0.465. The highest BCUT2D eigenvalue weighted by Gasteiger charge is 2.17. The summed E-state index contributed by atoms with van der Waals surface area (Å²) in [5.41, 5.74) is 2.28. The zero-order valence-corrected chi connectivity index (χ0v) is 14.8. The van der Waals surface area contributed by atoms with Crippen LogP contribution < -0.4 is 5.56 Å². The highest BCUT2D eigenvalue weighted by atomic mass is 16.5. The summed E-state index contributed by atoms with van der Waals surface area (Å²) in [7, 11) is 0. The lowest BCUT2D eigenvalue weighted by molar-refractivity contribution is 0.432. The van der Waals surface area contributed by atoms with Gasteiger partial charge in [-0.3, -0.25) is 9.36 Å². The molecule has 0 saturated carbocycles. The van der Waals surface area contributed by atoms with E-state index in [1.54, 1.807) is 10.8 Å². The molecule has 0 bridgehead atoms. The second kappa shape index (κ2) is 6.63. The molecule has 2 aromatic heterocycles. The van der Waals surface area contributed by atoms with Gasteiger partial charge in [0.1, 0.15) is 0 Å². The van der Waals surface area contributed by atoms with Gasteiger partial charge in [-0.2, -0.15) is 4.98 Å². The van der Waals surface area contributed by atoms with Crippen LogP contribution in [0, 0.1) is 0 Å². The minimum atomic E-state index is -0.0895. The number of fused-ring (bicyclic) bond motifs is 1. The Labute approximate surface area is 160 Å². The summed E-state index contributed by atoms with van der Waals surface area (Å²) in [6, 6.07) is 26.6. The minimum Gasteiger partial charge on any atom is -0.334 e. The third kappa shape index (κ3) is 2.70. The van der Waals surface area contributed by atoms with Gasteiger partial charge in [0, 0.05) is 28.2 Å². The molecule has 28 heavy (non-hydrogen) atoms. The molecule has 0 aliphatic carbocycles. The first-order valence-corrected chi connectivity index (χ1v) is 8.90. The van der Waals surface area contributed by atoms with Crippen molar-refractivity contribution in [2.45, 2.75) is 0 Å². The van der Waals surface area contributed by atoms with Gasteiger partial charge in [-0.25, -0.2) is 0 Å². The summed E-state index contributed by atoms with van der Waals surface area (Å²) in [6.45, 7) is 0. The lowest BCUT2D eigenvalue weighted by Crippen LogP contribution is -2.18. The van der Waals surface area contributed by atoms with E-state index in [9.17, 15) is 4.79 Å². The Hall–Kier alpha value is -3.99. The first-order chi connectivity index (χ1) is 13.8. The molecule has 0 atom stereocenters. The van der Waals surface area contributed by atoms with Crippen molar-refractivity contribution in [1.82, 2.24) is 14.7 Å². The number of hydrogen-bond acceptors (Lipinski definition) is 4. The molecule has 5 nitrogen and oxygen atoms in total. The summed E-state index contributed by atoms with van der Waals surface area (Å²) in [4.78, 5) is 17.6. The average molecular weight is 365 g/mol. The Balaban J connectivity index is 1.75. The van der Waals surface area contributed by atoms with E-state index in [1.807, 2.05) is 84.9 Å². The fourth-order valence-electron chi connectivity index (χ4n) is 3.28. The fraction of sp³-hybridized carbons (Fsp3) is 0. The van der Waals surface area contributed by atoms with Crippen LogP contribution in [0.25, 0.3) is 39.3 Å². The van der Waals surface area contributed by atoms with Gasteiger partial charge >= 0.3 is 0 Å². The van der Waals surface area contributed by atoms with Crippen LogP contribution in [0.15, 0.2) is 100 Å². The Morgan fingerprint density at radius 3 is 2.14 bits per heavy atom. The number of para-hydroxylation sites is 1. The zero-order valence-electron chi connectivity index (χ0n) is 14.8. The van der Waals surface area contributed by atoms with E-state index in [0.29, 0.717) is 22.7 Å². The molecule has 0 fully saturated rings. The zero-order chi connectivity index (χ0) is 18.9.